The summed E-state index contributed by atoms with van der Waals surface area (Å²) in [5, 5.41) is 3.72. The van der Waals surface area contributed by atoms with E-state index in [0.717, 1.165) is 10.7 Å². The van der Waals surface area contributed by atoms with Crippen LogP contribution in [0.4, 0.5) is 13.2 Å². The fourth-order valence-corrected chi connectivity index (χ4v) is 2.47. The van der Waals surface area contributed by atoms with Crippen LogP contribution in [0.2, 0.25) is 10.0 Å². The molecule has 0 atom stereocenters. The molecule has 4 nitrogen and oxygen atoms in total. The van der Waals surface area contributed by atoms with E-state index in [1.54, 1.807) is 0 Å². The van der Waals surface area contributed by atoms with E-state index in [-0.39, 0.29) is 27.1 Å². The number of alkyl halides is 2. The fraction of sp³-hybridized carbons (Fsp3) is 0.200. The van der Waals surface area contributed by atoms with Gasteiger partial charge in [0.1, 0.15) is 16.5 Å². The molecule has 0 saturated heterocycles. The largest absolute Gasteiger partial charge is 0.416 e. The van der Waals surface area contributed by atoms with E-state index in [1.807, 2.05) is 0 Å². The summed E-state index contributed by atoms with van der Waals surface area (Å²) in [5.74, 6) is -1.36. The van der Waals surface area contributed by atoms with Crippen LogP contribution in [0.25, 0.3) is 17.3 Å². The monoisotopic (exact) mass is 378 g/mol. The zero-order valence-electron chi connectivity index (χ0n) is 12.5. The van der Waals surface area contributed by atoms with E-state index in [9.17, 15) is 18.0 Å². The van der Waals surface area contributed by atoms with E-state index < -0.39 is 18.3 Å². The Bertz CT molecular complexity index is 820. The van der Waals surface area contributed by atoms with Crippen LogP contribution in [0.1, 0.15) is 12.5 Å². The number of hydrogen-bond acceptors (Lipinski definition) is 3. The molecule has 0 radical (unpaired) electrons. The van der Waals surface area contributed by atoms with Gasteiger partial charge in [-0.1, -0.05) is 23.2 Å². The lowest BCUT2D eigenvalue weighted by atomic mass is 10.1. The molecule has 0 saturated carbocycles. The number of carbonyl (C=O) groups is 1. The van der Waals surface area contributed by atoms with E-state index in [1.165, 1.54) is 32.2 Å². The number of benzene rings is 1. The Kier molecular flexibility index (Phi) is 5.56. The van der Waals surface area contributed by atoms with Crippen molar-refractivity contribution in [3.63, 3.8) is 0 Å². The maximum absolute atomic E-state index is 14.2. The maximum atomic E-state index is 14.2. The minimum Gasteiger partial charge on any atom is -0.416 e. The molecule has 0 aliphatic carbocycles. The summed E-state index contributed by atoms with van der Waals surface area (Å²) in [5.41, 5.74) is 0.204. The topological polar surface area (TPSA) is 44.1 Å². The summed E-state index contributed by atoms with van der Waals surface area (Å²) < 4.78 is 44.3. The number of carbonyl (C=O) groups excluding carboxylic acids is 1. The number of hydrogen-bond donors (Lipinski definition) is 0. The molecule has 1 aromatic carbocycles. The van der Waals surface area contributed by atoms with Crippen LogP contribution in [0.15, 0.2) is 18.2 Å². The quantitative estimate of drug-likeness (QED) is 0.706. The Labute approximate surface area is 145 Å². The van der Waals surface area contributed by atoms with Crippen molar-refractivity contribution in [2.24, 2.45) is 7.05 Å². The molecule has 0 spiro atoms. The number of aromatic nitrogens is 2. The number of halogens is 5. The third kappa shape index (κ3) is 3.91. The van der Waals surface area contributed by atoms with Gasteiger partial charge in [-0.05, 0) is 36.8 Å². The number of rotatable bonds is 5. The average molecular weight is 379 g/mol. The third-order valence-corrected chi connectivity index (χ3v) is 3.65. The molecular weight excluding hydrogens is 368 g/mol. The Morgan fingerprint density at radius 2 is 2.04 bits per heavy atom. The highest BCUT2D eigenvalue weighted by Crippen LogP contribution is 2.38. The second-order valence-corrected chi connectivity index (χ2v) is 5.55. The molecule has 1 aromatic heterocycles. The van der Waals surface area contributed by atoms with Crippen LogP contribution in [0, 0.1) is 5.82 Å². The number of aryl methyl sites for hydroxylation is 1. The minimum atomic E-state index is -3.10. The van der Waals surface area contributed by atoms with E-state index in [0.29, 0.717) is 5.56 Å². The maximum Gasteiger partial charge on any atom is 0.388 e. The number of ether oxygens (including phenoxy) is 1. The van der Waals surface area contributed by atoms with Gasteiger partial charge in [0.25, 0.3) is 0 Å². The molecule has 128 valence electrons. The van der Waals surface area contributed by atoms with Crippen molar-refractivity contribution in [2.45, 2.75) is 13.5 Å². The van der Waals surface area contributed by atoms with Crippen LogP contribution in [-0.4, -0.2) is 22.2 Å². The number of ketones is 1. The van der Waals surface area contributed by atoms with Gasteiger partial charge < -0.3 is 4.74 Å². The number of allylic oxidation sites excluding steroid dienone is 1. The summed E-state index contributed by atoms with van der Waals surface area (Å²) in [6.45, 7) is -1.76. The third-order valence-electron chi connectivity index (χ3n) is 2.98. The van der Waals surface area contributed by atoms with Gasteiger partial charge in [-0.25, -0.2) is 9.07 Å². The summed E-state index contributed by atoms with van der Waals surface area (Å²) in [6, 6.07) is 2.34. The highest BCUT2D eigenvalue weighted by molar-refractivity contribution is 6.34. The Hall–Kier alpha value is -1.99. The van der Waals surface area contributed by atoms with Crippen molar-refractivity contribution in [1.29, 1.82) is 0 Å². The van der Waals surface area contributed by atoms with E-state index in [2.05, 4.69) is 9.84 Å². The summed E-state index contributed by atoms with van der Waals surface area (Å²) in [4.78, 5) is 11.0. The van der Waals surface area contributed by atoms with Gasteiger partial charge in [0.15, 0.2) is 5.78 Å². The molecule has 0 unspecified atom stereocenters. The number of nitrogens with zero attached hydrogens (tertiary/aromatic N) is 2. The standard InChI is InChI=1S/C15H11Cl2F3N2O2/c1-7(23)3-4-8-5-9(11(18)6-10(8)16)13-12(17)14(22(2)21-13)24-15(19)20/h3-6,15H,1-2H3. The van der Waals surface area contributed by atoms with Gasteiger partial charge >= 0.3 is 6.61 Å². The SMILES string of the molecule is CC(=O)C=Cc1cc(-c2nn(C)c(OC(F)F)c2Cl)c(F)cc1Cl. The van der Waals surface area contributed by atoms with Crippen LogP contribution >= 0.6 is 23.2 Å². The Morgan fingerprint density at radius 1 is 1.38 bits per heavy atom. The minimum absolute atomic E-state index is 0.0627. The molecule has 1 heterocycles. The van der Waals surface area contributed by atoms with Crippen molar-refractivity contribution < 1.29 is 22.7 Å². The van der Waals surface area contributed by atoms with Crippen molar-refractivity contribution in [3.05, 3.63) is 39.6 Å². The highest BCUT2D eigenvalue weighted by Gasteiger charge is 2.23. The van der Waals surface area contributed by atoms with Crippen molar-refractivity contribution in [2.75, 3.05) is 0 Å². The Morgan fingerprint density at radius 3 is 2.62 bits per heavy atom. The van der Waals surface area contributed by atoms with Crippen molar-refractivity contribution in [3.8, 4) is 17.1 Å². The molecule has 0 fully saturated rings. The second kappa shape index (κ2) is 7.27. The molecule has 0 aliphatic rings. The average Bonchev–Trinajstić information content (AvgIpc) is 2.74. The zero-order chi connectivity index (χ0) is 18.0. The second-order valence-electron chi connectivity index (χ2n) is 4.77. The van der Waals surface area contributed by atoms with E-state index in [4.69, 9.17) is 23.2 Å². The predicted octanol–water partition coefficient (Wildman–Crippen LogP) is 4.74. The summed E-state index contributed by atoms with van der Waals surface area (Å²) in [6.07, 6.45) is 2.66. The first-order valence-corrected chi connectivity index (χ1v) is 7.31. The zero-order valence-corrected chi connectivity index (χ0v) is 14.0. The van der Waals surface area contributed by atoms with Crippen molar-refractivity contribution in [1.82, 2.24) is 9.78 Å². The Balaban J connectivity index is 2.57. The van der Waals surface area contributed by atoms with Gasteiger partial charge in [0.05, 0.1) is 5.02 Å². The smallest absolute Gasteiger partial charge is 0.388 e. The van der Waals surface area contributed by atoms with Crippen LogP contribution in [-0.2, 0) is 11.8 Å². The highest BCUT2D eigenvalue weighted by atomic mass is 35.5. The van der Waals surface area contributed by atoms with Gasteiger partial charge in [-0.3, -0.25) is 4.79 Å². The normalized spacial score (nSPS) is 11.5. The molecule has 24 heavy (non-hydrogen) atoms. The molecule has 0 aliphatic heterocycles. The molecular formula is C15H11Cl2F3N2O2. The van der Waals surface area contributed by atoms with Gasteiger partial charge in [-0.15, -0.1) is 0 Å². The lowest BCUT2D eigenvalue weighted by molar-refractivity contribution is -0.112. The van der Waals surface area contributed by atoms with Gasteiger partial charge in [0.2, 0.25) is 5.88 Å². The van der Waals surface area contributed by atoms with E-state index >= 15 is 0 Å². The van der Waals surface area contributed by atoms with Gasteiger partial charge in [0, 0.05) is 12.6 Å². The molecule has 0 N–H and O–H groups in total. The lowest BCUT2D eigenvalue weighted by Crippen LogP contribution is -2.06. The molecule has 0 amide bonds. The first-order valence-electron chi connectivity index (χ1n) is 6.56. The van der Waals surface area contributed by atoms with Crippen LogP contribution < -0.4 is 4.74 Å². The van der Waals surface area contributed by atoms with Crippen LogP contribution in [0.3, 0.4) is 0 Å². The molecule has 9 heteroatoms. The molecule has 2 rings (SSSR count). The lowest BCUT2D eigenvalue weighted by Gasteiger charge is -2.05. The first-order chi connectivity index (χ1) is 11.2. The summed E-state index contributed by atoms with van der Waals surface area (Å²) in [7, 11) is 1.33. The predicted molar refractivity (Wildman–Crippen MR) is 85.0 cm³/mol. The fourth-order valence-electron chi connectivity index (χ4n) is 1.95. The van der Waals surface area contributed by atoms with Crippen LogP contribution in [0.5, 0.6) is 5.88 Å². The van der Waals surface area contributed by atoms with Crippen molar-refractivity contribution >= 4 is 35.1 Å². The molecule has 0 bridgehead atoms. The van der Waals surface area contributed by atoms with Gasteiger partial charge in [-0.2, -0.15) is 13.9 Å². The first kappa shape index (κ1) is 18.4. The summed E-state index contributed by atoms with van der Waals surface area (Å²) >= 11 is 11.9. The molecule has 2 aromatic rings.